The van der Waals surface area contributed by atoms with Crippen molar-refractivity contribution in [1.82, 2.24) is 38.9 Å². The van der Waals surface area contributed by atoms with E-state index in [1.807, 2.05) is 55.3 Å². The Morgan fingerprint density at radius 2 is 1.85 bits per heavy atom. The number of pyridine rings is 1. The smallest absolute Gasteiger partial charge is 0.236 e. The van der Waals surface area contributed by atoms with Crippen LogP contribution >= 0.6 is 0 Å². The highest BCUT2D eigenvalue weighted by atomic mass is 16.5. The van der Waals surface area contributed by atoms with Crippen LogP contribution in [0.25, 0.3) is 28.2 Å². The molecule has 5 heterocycles. The van der Waals surface area contributed by atoms with Crippen molar-refractivity contribution < 1.29 is 9.53 Å². The van der Waals surface area contributed by atoms with Gasteiger partial charge in [-0.05, 0) is 17.2 Å². The molecule has 204 valence electrons. The number of imidazole rings is 1. The van der Waals surface area contributed by atoms with E-state index >= 15 is 0 Å². The summed E-state index contributed by atoms with van der Waals surface area (Å²) in [5, 5.41) is 7.64. The van der Waals surface area contributed by atoms with Crippen LogP contribution in [0.3, 0.4) is 0 Å². The van der Waals surface area contributed by atoms with Crippen molar-refractivity contribution >= 4 is 17.4 Å². The van der Waals surface area contributed by atoms with Crippen LogP contribution in [0.2, 0.25) is 0 Å². The molecule has 1 aromatic carbocycles. The number of rotatable bonds is 9. The standard InChI is InChI=1S/C29H31N9O2/c1-35-9-10-37(19-29(35)39)11-12-40-24-7-8-38-26(17-31-28(38)13-24)25-14-27(33-20-32-25)30-15-21-3-5-22(6-4-21)23-16-34-36(2)18-23/h3-8,13-14,16-18,20H,9-12,15,19H2,1-2H3,(H,30,32,33). The maximum absolute atomic E-state index is 11.9. The summed E-state index contributed by atoms with van der Waals surface area (Å²) >= 11 is 0. The van der Waals surface area contributed by atoms with Crippen LogP contribution in [-0.4, -0.2) is 84.7 Å². The Morgan fingerprint density at radius 1 is 0.975 bits per heavy atom. The van der Waals surface area contributed by atoms with E-state index in [9.17, 15) is 4.79 Å². The Bertz CT molecular complexity index is 1630. The average molecular weight is 538 g/mol. The average Bonchev–Trinajstić information content (AvgIpc) is 3.60. The molecule has 0 bridgehead atoms. The number of nitrogens with one attached hydrogen (secondary N) is 1. The number of hydrogen-bond acceptors (Lipinski definition) is 8. The van der Waals surface area contributed by atoms with Gasteiger partial charge in [0.1, 0.15) is 30.1 Å². The fraction of sp³-hybridized carbons (Fsp3) is 0.276. The van der Waals surface area contributed by atoms with Crippen LogP contribution in [0, 0.1) is 0 Å². The van der Waals surface area contributed by atoms with Gasteiger partial charge in [-0.15, -0.1) is 0 Å². The molecule has 1 aliphatic heterocycles. The van der Waals surface area contributed by atoms with Gasteiger partial charge in [0.2, 0.25) is 5.91 Å². The zero-order valence-electron chi connectivity index (χ0n) is 22.6. The first kappa shape index (κ1) is 25.5. The number of ether oxygens (including phenoxy) is 1. The third-order valence-electron chi connectivity index (χ3n) is 7.09. The molecule has 0 radical (unpaired) electrons. The van der Waals surface area contributed by atoms with Gasteiger partial charge in [0.25, 0.3) is 0 Å². The van der Waals surface area contributed by atoms with Crippen LogP contribution < -0.4 is 10.1 Å². The topological polar surface area (TPSA) is 106 Å². The number of aryl methyl sites for hydroxylation is 1. The predicted molar refractivity (Wildman–Crippen MR) is 152 cm³/mol. The molecule has 1 fully saturated rings. The van der Waals surface area contributed by atoms with Crippen molar-refractivity contribution in [2.24, 2.45) is 7.05 Å². The van der Waals surface area contributed by atoms with E-state index in [0.29, 0.717) is 26.2 Å². The van der Waals surface area contributed by atoms with Crippen molar-refractivity contribution in [3.05, 3.63) is 79.1 Å². The minimum atomic E-state index is 0.149. The lowest BCUT2D eigenvalue weighted by Gasteiger charge is -2.31. The largest absolute Gasteiger partial charge is 0.492 e. The number of likely N-dealkylation sites (N-methyl/N-ethyl adjacent to an activating group) is 1. The van der Waals surface area contributed by atoms with Crippen molar-refractivity contribution in [2.45, 2.75) is 6.54 Å². The first-order chi connectivity index (χ1) is 19.5. The molecule has 11 heteroatoms. The summed E-state index contributed by atoms with van der Waals surface area (Å²) in [7, 11) is 3.76. The third-order valence-corrected chi connectivity index (χ3v) is 7.09. The molecule has 0 saturated carbocycles. The van der Waals surface area contributed by atoms with Gasteiger partial charge in [-0.2, -0.15) is 5.10 Å². The van der Waals surface area contributed by atoms with Crippen molar-refractivity contribution in [2.75, 3.05) is 45.2 Å². The van der Waals surface area contributed by atoms with E-state index < -0.39 is 0 Å². The summed E-state index contributed by atoms with van der Waals surface area (Å²) in [6.07, 6.45) is 9.17. The zero-order chi connectivity index (χ0) is 27.5. The van der Waals surface area contributed by atoms with Crippen LogP contribution in [0.15, 0.2) is 73.6 Å². The van der Waals surface area contributed by atoms with Gasteiger partial charge in [-0.25, -0.2) is 15.0 Å². The number of fused-ring (bicyclic) bond motifs is 1. The molecule has 0 aliphatic carbocycles. The van der Waals surface area contributed by atoms with Crippen molar-refractivity contribution in [3.63, 3.8) is 0 Å². The minimum Gasteiger partial charge on any atom is -0.492 e. The highest BCUT2D eigenvalue weighted by molar-refractivity contribution is 5.78. The third kappa shape index (κ3) is 5.64. The second-order valence-corrected chi connectivity index (χ2v) is 9.92. The second kappa shape index (κ2) is 11.1. The first-order valence-corrected chi connectivity index (χ1v) is 13.2. The zero-order valence-corrected chi connectivity index (χ0v) is 22.6. The number of aromatic nitrogens is 6. The van der Waals surface area contributed by atoms with Crippen LogP contribution in [0.1, 0.15) is 5.56 Å². The fourth-order valence-corrected chi connectivity index (χ4v) is 4.70. The highest BCUT2D eigenvalue weighted by Gasteiger charge is 2.20. The molecular weight excluding hydrogens is 506 g/mol. The van der Waals surface area contributed by atoms with Gasteiger partial charge in [0, 0.05) is 70.4 Å². The van der Waals surface area contributed by atoms with E-state index in [2.05, 4.69) is 54.5 Å². The molecular formula is C29H31N9O2. The summed E-state index contributed by atoms with van der Waals surface area (Å²) in [4.78, 5) is 29.2. The van der Waals surface area contributed by atoms with Gasteiger partial charge in [-0.1, -0.05) is 24.3 Å². The molecule has 1 N–H and O–H groups in total. The maximum atomic E-state index is 11.9. The van der Waals surface area contributed by atoms with Crippen LogP contribution in [0.4, 0.5) is 5.82 Å². The summed E-state index contributed by atoms with van der Waals surface area (Å²) in [5.74, 6) is 1.62. The lowest BCUT2D eigenvalue weighted by molar-refractivity contribution is -0.134. The van der Waals surface area contributed by atoms with Gasteiger partial charge in [-0.3, -0.25) is 18.8 Å². The lowest BCUT2D eigenvalue weighted by atomic mass is 10.1. The number of benzene rings is 1. The first-order valence-electron chi connectivity index (χ1n) is 13.2. The molecule has 1 amide bonds. The van der Waals surface area contributed by atoms with Gasteiger partial charge in [0.15, 0.2) is 0 Å². The number of piperazine rings is 1. The molecule has 4 aromatic heterocycles. The highest BCUT2D eigenvalue weighted by Crippen LogP contribution is 2.24. The molecule has 5 aromatic rings. The van der Waals surface area contributed by atoms with Crippen molar-refractivity contribution in [3.8, 4) is 28.3 Å². The number of hydrogen-bond donors (Lipinski definition) is 1. The number of anilines is 1. The fourth-order valence-electron chi connectivity index (χ4n) is 4.70. The summed E-state index contributed by atoms with van der Waals surface area (Å²) in [6, 6.07) is 14.2. The Kier molecular flexibility index (Phi) is 7.11. The SMILES string of the molecule is CN1CCN(CCOc2ccn3c(-c4cc(NCc5ccc(-c6cnn(C)c6)cc5)ncn4)cnc3c2)CC1=O. The van der Waals surface area contributed by atoms with E-state index in [0.717, 1.165) is 58.4 Å². The van der Waals surface area contributed by atoms with Gasteiger partial charge < -0.3 is 15.0 Å². The van der Waals surface area contributed by atoms with Crippen molar-refractivity contribution in [1.29, 1.82) is 0 Å². The Balaban J connectivity index is 1.07. The van der Waals surface area contributed by atoms with E-state index in [4.69, 9.17) is 4.74 Å². The van der Waals surface area contributed by atoms with E-state index in [1.165, 1.54) is 0 Å². The number of carbonyl (C=O) groups is 1. The molecule has 6 rings (SSSR count). The molecule has 0 spiro atoms. The summed E-state index contributed by atoms with van der Waals surface area (Å²) < 4.78 is 9.74. The predicted octanol–water partition coefficient (Wildman–Crippen LogP) is 2.96. The van der Waals surface area contributed by atoms with Crippen LogP contribution in [0.5, 0.6) is 5.75 Å². The maximum Gasteiger partial charge on any atom is 0.236 e. The second-order valence-electron chi connectivity index (χ2n) is 9.92. The van der Waals surface area contributed by atoms with E-state index in [-0.39, 0.29) is 5.91 Å². The lowest BCUT2D eigenvalue weighted by Crippen LogP contribution is -2.49. The molecule has 0 unspecified atom stereocenters. The van der Waals surface area contributed by atoms with E-state index in [1.54, 1.807) is 22.1 Å². The van der Waals surface area contributed by atoms with Gasteiger partial charge >= 0.3 is 0 Å². The normalized spacial score (nSPS) is 14.2. The molecule has 1 saturated heterocycles. The summed E-state index contributed by atoms with van der Waals surface area (Å²) in [5.41, 5.74) is 5.78. The number of nitrogens with zero attached hydrogens (tertiary/aromatic N) is 8. The Morgan fingerprint density at radius 3 is 2.65 bits per heavy atom. The number of carbonyl (C=O) groups excluding carboxylic acids is 1. The minimum absolute atomic E-state index is 0.149. The Hall–Kier alpha value is -4.77. The summed E-state index contributed by atoms with van der Waals surface area (Å²) in [6.45, 7) is 3.91. The molecule has 11 nitrogen and oxygen atoms in total. The molecule has 1 aliphatic rings. The monoisotopic (exact) mass is 537 g/mol. The van der Waals surface area contributed by atoms with Crippen LogP contribution in [-0.2, 0) is 18.4 Å². The van der Waals surface area contributed by atoms with Gasteiger partial charge in [0.05, 0.1) is 30.3 Å². The molecule has 40 heavy (non-hydrogen) atoms. The quantitative estimate of drug-likeness (QED) is 0.306. The Labute approximate surface area is 232 Å². The number of amides is 1. The molecule has 0 atom stereocenters.